The summed E-state index contributed by atoms with van der Waals surface area (Å²) in [4.78, 5) is 27.9. The number of non-ortho nitro benzene ring substituents is 1. The summed E-state index contributed by atoms with van der Waals surface area (Å²) in [6, 6.07) is 13.0. The van der Waals surface area contributed by atoms with E-state index in [4.69, 9.17) is 11.6 Å². The van der Waals surface area contributed by atoms with Crippen LogP contribution in [0.5, 0.6) is 0 Å². The van der Waals surface area contributed by atoms with Crippen LogP contribution in [0, 0.1) is 10.1 Å². The highest BCUT2D eigenvalue weighted by molar-refractivity contribution is 6.33. The van der Waals surface area contributed by atoms with E-state index in [1.807, 2.05) is 30.3 Å². The number of nitro benzene ring substituents is 1. The molecule has 8 nitrogen and oxygen atoms in total. The molecule has 0 saturated heterocycles. The minimum absolute atomic E-state index is 0.0762. The molecule has 0 aromatic heterocycles. The van der Waals surface area contributed by atoms with E-state index >= 15 is 0 Å². The fraction of sp³-hybridized carbons (Fsp3) is 0.125. The Morgan fingerprint density at radius 2 is 1.96 bits per heavy atom. The van der Waals surface area contributed by atoms with Gasteiger partial charge >= 0.3 is 0 Å². The Morgan fingerprint density at radius 3 is 2.60 bits per heavy atom. The minimum Gasteiger partial charge on any atom is -0.297 e. The molecule has 1 heterocycles. The van der Waals surface area contributed by atoms with E-state index in [0.717, 1.165) is 5.69 Å². The molecule has 0 saturated carbocycles. The average molecular weight is 358 g/mol. The highest BCUT2D eigenvalue weighted by atomic mass is 35.5. The minimum atomic E-state index is -0.936. The van der Waals surface area contributed by atoms with Gasteiger partial charge in [-0.05, 0) is 25.1 Å². The van der Waals surface area contributed by atoms with Gasteiger partial charge in [-0.1, -0.05) is 29.8 Å². The Morgan fingerprint density at radius 1 is 1.24 bits per heavy atom. The maximum absolute atomic E-state index is 12.1. The first-order chi connectivity index (χ1) is 12.0. The summed E-state index contributed by atoms with van der Waals surface area (Å²) < 4.78 is 0. The molecule has 3 rings (SSSR count). The third-order valence-electron chi connectivity index (χ3n) is 3.54. The lowest BCUT2D eigenvalue weighted by molar-refractivity contribution is -0.384. The number of rotatable bonds is 4. The SMILES string of the molecule is CC1=NC(=O)[C@@H](N=Nc2ccc([N+](=O)[O-])cc2Cl)N1c1ccccc1. The van der Waals surface area contributed by atoms with Crippen LogP contribution in [-0.2, 0) is 4.79 Å². The van der Waals surface area contributed by atoms with Gasteiger partial charge in [-0.3, -0.25) is 19.8 Å². The Balaban J connectivity index is 1.89. The normalized spacial score (nSPS) is 17.2. The van der Waals surface area contributed by atoms with Crippen molar-refractivity contribution in [3.05, 3.63) is 63.7 Å². The molecule has 0 aliphatic carbocycles. The lowest BCUT2D eigenvalue weighted by atomic mass is 10.2. The predicted molar refractivity (Wildman–Crippen MR) is 93.4 cm³/mol. The number of amidine groups is 1. The maximum Gasteiger partial charge on any atom is 0.295 e. The Kier molecular flexibility index (Phi) is 4.53. The average Bonchev–Trinajstić information content (AvgIpc) is 2.87. The van der Waals surface area contributed by atoms with E-state index in [0.29, 0.717) is 5.84 Å². The van der Waals surface area contributed by atoms with Crippen LogP contribution in [0.25, 0.3) is 0 Å². The number of para-hydroxylation sites is 1. The molecule has 126 valence electrons. The summed E-state index contributed by atoms with van der Waals surface area (Å²) in [7, 11) is 0. The second kappa shape index (κ2) is 6.78. The quantitative estimate of drug-likeness (QED) is 0.466. The van der Waals surface area contributed by atoms with Gasteiger partial charge in [0.2, 0.25) is 6.17 Å². The summed E-state index contributed by atoms with van der Waals surface area (Å²) in [5.41, 5.74) is 0.844. The van der Waals surface area contributed by atoms with Gasteiger partial charge in [-0.15, -0.1) is 0 Å². The number of anilines is 1. The molecule has 9 heteroatoms. The number of halogens is 1. The lowest BCUT2D eigenvalue weighted by Crippen LogP contribution is -2.35. The van der Waals surface area contributed by atoms with Crippen LogP contribution in [0.2, 0.25) is 5.02 Å². The zero-order valence-corrected chi connectivity index (χ0v) is 13.8. The van der Waals surface area contributed by atoms with Crippen molar-refractivity contribution in [3.63, 3.8) is 0 Å². The molecule has 0 spiro atoms. The smallest absolute Gasteiger partial charge is 0.295 e. The van der Waals surface area contributed by atoms with Gasteiger partial charge in [0.15, 0.2) is 0 Å². The number of nitro groups is 1. The van der Waals surface area contributed by atoms with Crippen molar-refractivity contribution in [2.24, 2.45) is 15.2 Å². The summed E-state index contributed by atoms with van der Waals surface area (Å²) in [6.45, 7) is 1.71. The van der Waals surface area contributed by atoms with Crippen LogP contribution in [-0.4, -0.2) is 22.8 Å². The fourth-order valence-corrected chi connectivity index (χ4v) is 2.60. The number of benzene rings is 2. The zero-order chi connectivity index (χ0) is 18.0. The molecule has 0 bridgehead atoms. The molecular weight excluding hydrogens is 346 g/mol. The Bertz CT molecular complexity index is 898. The summed E-state index contributed by atoms with van der Waals surface area (Å²) in [5, 5.41) is 18.8. The Hall–Kier alpha value is -3.13. The number of carbonyl (C=O) groups is 1. The molecule has 0 N–H and O–H groups in total. The molecule has 1 aliphatic heterocycles. The van der Waals surface area contributed by atoms with Gasteiger partial charge in [0.25, 0.3) is 11.6 Å². The third kappa shape index (κ3) is 3.38. The summed E-state index contributed by atoms with van der Waals surface area (Å²) in [6.07, 6.45) is -0.936. The summed E-state index contributed by atoms with van der Waals surface area (Å²) in [5.74, 6) is 0.0677. The number of hydrogen-bond acceptors (Lipinski definition) is 6. The number of carbonyl (C=O) groups excluding carboxylic acids is 1. The molecule has 0 radical (unpaired) electrons. The van der Waals surface area contributed by atoms with Gasteiger partial charge in [0, 0.05) is 17.8 Å². The first-order valence-electron chi connectivity index (χ1n) is 7.25. The van der Waals surface area contributed by atoms with Gasteiger partial charge < -0.3 is 0 Å². The van der Waals surface area contributed by atoms with Crippen molar-refractivity contribution in [2.45, 2.75) is 13.1 Å². The first kappa shape index (κ1) is 16.7. The van der Waals surface area contributed by atoms with E-state index in [9.17, 15) is 14.9 Å². The van der Waals surface area contributed by atoms with Crippen molar-refractivity contribution in [1.29, 1.82) is 0 Å². The van der Waals surface area contributed by atoms with Crippen LogP contribution in [0.3, 0.4) is 0 Å². The molecule has 25 heavy (non-hydrogen) atoms. The molecule has 2 aromatic rings. The van der Waals surface area contributed by atoms with Crippen molar-refractivity contribution in [1.82, 2.24) is 0 Å². The molecule has 0 unspecified atom stereocenters. The van der Waals surface area contributed by atoms with Crippen LogP contribution in [0.15, 0.2) is 63.8 Å². The number of amides is 1. The van der Waals surface area contributed by atoms with Crippen molar-refractivity contribution < 1.29 is 9.72 Å². The van der Waals surface area contributed by atoms with Crippen molar-refractivity contribution >= 4 is 40.4 Å². The molecule has 2 aromatic carbocycles. The molecule has 1 atom stereocenters. The van der Waals surface area contributed by atoms with E-state index in [-0.39, 0.29) is 16.4 Å². The van der Waals surface area contributed by atoms with Gasteiger partial charge in [-0.25, -0.2) is 0 Å². The van der Waals surface area contributed by atoms with Crippen molar-refractivity contribution in [3.8, 4) is 0 Å². The second-order valence-corrected chi connectivity index (χ2v) is 5.59. The van der Waals surface area contributed by atoms with Crippen LogP contribution >= 0.6 is 11.6 Å². The predicted octanol–water partition coefficient (Wildman–Crippen LogP) is 4.12. The van der Waals surface area contributed by atoms with Crippen LogP contribution < -0.4 is 4.90 Å². The van der Waals surface area contributed by atoms with Gasteiger partial charge in [0.05, 0.1) is 9.95 Å². The van der Waals surface area contributed by atoms with Crippen LogP contribution in [0.4, 0.5) is 17.1 Å². The molecular formula is C16H12ClN5O3. The van der Waals surface area contributed by atoms with Gasteiger partial charge in [0.1, 0.15) is 11.5 Å². The number of nitrogens with zero attached hydrogens (tertiary/aromatic N) is 5. The third-order valence-corrected chi connectivity index (χ3v) is 3.84. The molecule has 1 aliphatic rings. The number of hydrogen-bond donors (Lipinski definition) is 0. The molecule has 0 fully saturated rings. The zero-order valence-electron chi connectivity index (χ0n) is 13.0. The van der Waals surface area contributed by atoms with E-state index in [2.05, 4.69) is 15.2 Å². The standard InChI is InChI=1S/C16H12ClN5O3/c1-10-18-16(23)15(21(10)11-5-3-2-4-6-11)20-19-14-8-7-12(22(24)25)9-13(14)17/h2-9,15H,1H3/t15-/m0/s1. The fourth-order valence-electron chi connectivity index (χ4n) is 2.38. The monoisotopic (exact) mass is 357 g/mol. The first-order valence-corrected chi connectivity index (χ1v) is 7.63. The Labute approximate surface area is 147 Å². The highest BCUT2D eigenvalue weighted by Gasteiger charge is 2.34. The lowest BCUT2D eigenvalue weighted by Gasteiger charge is -2.21. The highest BCUT2D eigenvalue weighted by Crippen LogP contribution is 2.30. The number of azo groups is 1. The van der Waals surface area contributed by atoms with Gasteiger partial charge in [-0.2, -0.15) is 15.2 Å². The number of aliphatic imine (C=N–C) groups is 1. The molecule has 1 amide bonds. The van der Waals surface area contributed by atoms with Crippen LogP contribution in [0.1, 0.15) is 6.92 Å². The van der Waals surface area contributed by atoms with Crippen molar-refractivity contribution in [2.75, 3.05) is 4.90 Å². The maximum atomic E-state index is 12.1. The van der Waals surface area contributed by atoms with E-state index in [1.165, 1.54) is 18.2 Å². The van der Waals surface area contributed by atoms with E-state index in [1.54, 1.807) is 11.8 Å². The second-order valence-electron chi connectivity index (χ2n) is 5.18. The topological polar surface area (TPSA) is 101 Å². The van der Waals surface area contributed by atoms with E-state index < -0.39 is 17.0 Å². The largest absolute Gasteiger partial charge is 0.297 e. The summed E-state index contributed by atoms with van der Waals surface area (Å²) >= 11 is 5.99.